The van der Waals surface area contributed by atoms with Crippen molar-refractivity contribution >= 4 is 35.4 Å². The lowest BCUT2D eigenvalue weighted by Crippen LogP contribution is -2.42. The first-order valence-corrected chi connectivity index (χ1v) is 11.3. The zero-order valence-corrected chi connectivity index (χ0v) is 20.3. The molecular weight excluding hydrogens is 446 g/mol. The molecule has 2 amide bonds. The van der Waals surface area contributed by atoms with Crippen LogP contribution in [0.2, 0.25) is 10.0 Å². The third-order valence-corrected chi connectivity index (χ3v) is 5.96. The normalized spacial score (nSPS) is 15.0. The minimum absolute atomic E-state index is 0.00925. The second-order valence-electron chi connectivity index (χ2n) is 8.62. The highest BCUT2D eigenvalue weighted by Gasteiger charge is 2.29. The molecule has 31 heavy (non-hydrogen) atoms. The third-order valence-electron chi connectivity index (χ3n) is 5.20. The van der Waals surface area contributed by atoms with Gasteiger partial charge in [-0.15, -0.1) is 0 Å². The van der Waals surface area contributed by atoms with Gasteiger partial charge in [-0.05, 0) is 59.8 Å². The predicted octanol–water partition coefficient (Wildman–Crippen LogP) is 6.16. The van der Waals surface area contributed by atoms with Gasteiger partial charge in [0.05, 0.1) is 10.0 Å². The number of piperidine rings is 1. The first-order chi connectivity index (χ1) is 14.5. The van der Waals surface area contributed by atoms with Crippen molar-refractivity contribution in [3.8, 4) is 5.75 Å². The minimum atomic E-state index is -0.675. The van der Waals surface area contributed by atoms with Gasteiger partial charge in [0.15, 0.2) is 0 Å². The van der Waals surface area contributed by atoms with Crippen LogP contribution in [0.25, 0.3) is 0 Å². The Morgan fingerprint density at radius 3 is 2.29 bits per heavy atom. The van der Waals surface area contributed by atoms with E-state index in [-0.39, 0.29) is 33.4 Å². The standard InChI is InChI=1S/C22H31Cl2FN2O4/c1-6-26(7-2)20(28)30-17-13-16(23)18(24)19(25)15(17)12-14-8-10-27(11-9-14)21(29)31-22(3,4)5/h13-14H,6-12H2,1-5H3. The van der Waals surface area contributed by atoms with Crippen molar-refractivity contribution in [2.24, 2.45) is 5.92 Å². The van der Waals surface area contributed by atoms with Crippen LogP contribution in [0.1, 0.15) is 53.0 Å². The van der Waals surface area contributed by atoms with Gasteiger partial charge in [-0.25, -0.2) is 14.0 Å². The van der Waals surface area contributed by atoms with Crippen molar-refractivity contribution in [3.63, 3.8) is 0 Å². The number of likely N-dealkylation sites (tertiary alicyclic amines) is 1. The fraction of sp³-hybridized carbons (Fsp3) is 0.636. The van der Waals surface area contributed by atoms with Crippen LogP contribution < -0.4 is 4.74 Å². The lowest BCUT2D eigenvalue weighted by molar-refractivity contribution is 0.0183. The Kier molecular flexibility index (Phi) is 8.83. The van der Waals surface area contributed by atoms with E-state index >= 15 is 0 Å². The van der Waals surface area contributed by atoms with Gasteiger partial charge in [0.25, 0.3) is 0 Å². The predicted molar refractivity (Wildman–Crippen MR) is 120 cm³/mol. The Morgan fingerprint density at radius 2 is 1.77 bits per heavy atom. The van der Waals surface area contributed by atoms with Crippen LogP contribution in [-0.2, 0) is 11.2 Å². The summed E-state index contributed by atoms with van der Waals surface area (Å²) in [7, 11) is 0. The van der Waals surface area contributed by atoms with Crippen molar-refractivity contribution in [2.45, 2.75) is 59.5 Å². The van der Waals surface area contributed by atoms with E-state index in [0.717, 1.165) is 0 Å². The summed E-state index contributed by atoms with van der Waals surface area (Å²) in [6.07, 6.45) is 0.750. The molecule has 1 saturated heterocycles. The number of ether oxygens (including phenoxy) is 2. The Morgan fingerprint density at radius 1 is 1.19 bits per heavy atom. The van der Waals surface area contributed by atoms with Crippen molar-refractivity contribution in [1.82, 2.24) is 9.80 Å². The second-order valence-corrected chi connectivity index (χ2v) is 9.40. The molecule has 9 heteroatoms. The number of benzene rings is 1. The smallest absolute Gasteiger partial charge is 0.415 e. The van der Waals surface area contributed by atoms with E-state index in [2.05, 4.69) is 0 Å². The molecule has 0 aromatic heterocycles. The minimum Gasteiger partial charge on any atom is -0.444 e. The lowest BCUT2D eigenvalue weighted by Gasteiger charge is -2.33. The van der Waals surface area contributed by atoms with E-state index in [4.69, 9.17) is 32.7 Å². The summed E-state index contributed by atoms with van der Waals surface area (Å²) in [5.41, 5.74) is -0.327. The molecule has 1 fully saturated rings. The number of amides is 2. The van der Waals surface area contributed by atoms with Crippen molar-refractivity contribution in [3.05, 3.63) is 27.5 Å². The molecule has 1 aliphatic heterocycles. The average Bonchev–Trinajstić information content (AvgIpc) is 2.69. The van der Waals surface area contributed by atoms with Crippen LogP contribution in [0, 0.1) is 11.7 Å². The van der Waals surface area contributed by atoms with Crippen LogP contribution in [-0.4, -0.2) is 53.8 Å². The maximum Gasteiger partial charge on any atom is 0.415 e. The van der Waals surface area contributed by atoms with Gasteiger partial charge in [-0.2, -0.15) is 0 Å². The first kappa shape index (κ1) is 25.5. The van der Waals surface area contributed by atoms with Gasteiger partial charge in [-0.1, -0.05) is 23.2 Å². The van der Waals surface area contributed by atoms with Gasteiger partial charge >= 0.3 is 12.2 Å². The lowest BCUT2D eigenvalue weighted by atomic mass is 9.89. The maximum absolute atomic E-state index is 15.0. The quantitative estimate of drug-likeness (QED) is 0.477. The largest absolute Gasteiger partial charge is 0.444 e. The Bertz CT molecular complexity index is 802. The van der Waals surface area contributed by atoms with Crippen molar-refractivity contribution < 1.29 is 23.5 Å². The van der Waals surface area contributed by atoms with E-state index in [0.29, 0.717) is 45.4 Å². The molecule has 0 unspecified atom stereocenters. The summed E-state index contributed by atoms with van der Waals surface area (Å²) in [5.74, 6) is -0.499. The van der Waals surface area contributed by atoms with E-state index in [9.17, 15) is 14.0 Å². The summed E-state index contributed by atoms with van der Waals surface area (Å²) >= 11 is 12.1. The van der Waals surface area contributed by atoms with Crippen LogP contribution in [0.5, 0.6) is 5.75 Å². The number of carbonyl (C=O) groups excluding carboxylic acids is 2. The van der Waals surface area contributed by atoms with Crippen LogP contribution in [0.3, 0.4) is 0 Å². The molecule has 0 aliphatic carbocycles. The molecular formula is C22H31Cl2FN2O4. The molecule has 2 rings (SSSR count). The van der Waals surface area contributed by atoms with E-state index < -0.39 is 17.5 Å². The molecule has 1 aromatic rings. The summed E-state index contributed by atoms with van der Waals surface area (Å²) in [6, 6.07) is 1.39. The molecule has 0 N–H and O–H groups in total. The highest BCUT2D eigenvalue weighted by atomic mass is 35.5. The molecule has 174 valence electrons. The van der Waals surface area contributed by atoms with Crippen LogP contribution in [0.15, 0.2) is 6.07 Å². The van der Waals surface area contributed by atoms with Gasteiger partial charge in [0.1, 0.15) is 17.2 Å². The third kappa shape index (κ3) is 6.88. The van der Waals surface area contributed by atoms with E-state index in [1.165, 1.54) is 11.0 Å². The van der Waals surface area contributed by atoms with Crippen LogP contribution in [0.4, 0.5) is 14.0 Å². The number of halogens is 3. The molecule has 1 heterocycles. The Labute approximate surface area is 193 Å². The highest BCUT2D eigenvalue weighted by Crippen LogP contribution is 2.37. The molecule has 0 atom stereocenters. The molecule has 6 nitrogen and oxygen atoms in total. The number of rotatable bonds is 5. The number of nitrogens with zero attached hydrogens (tertiary/aromatic N) is 2. The molecule has 0 saturated carbocycles. The van der Waals surface area contributed by atoms with Gasteiger partial charge in [0, 0.05) is 37.8 Å². The van der Waals surface area contributed by atoms with Gasteiger partial charge in [-0.3, -0.25) is 0 Å². The SMILES string of the molecule is CCN(CC)C(=O)Oc1cc(Cl)c(Cl)c(F)c1CC1CCN(C(=O)OC(C)(C)C)CC1. The maximum atomic E-state index is 15.0. The zero-order valence-electron chi connectivity index (χ0n) is 18.8. The van der Waals surface area contributed by atoms with Crippen LogP contribution >= 0.6 is 23.2 Å². The summed E-state index contributed by atoms with van der Waals surface area (Å²) < 4.78 is 25.9. The molecule has 1 aromatic carbocycles. The number of hydrogen-bond donors (Lipinski definition) is 0. The molecule has 0 bridgehead atoms. The fourth-order valence-electron chi connectivity index (χ4n) is 3.47. The zero-order chi connectivity index (χ0) is 23.3. The summed E-state index contributed by atoms with van der Waals surface area (Å²) in [5, 5.41) is -0.199. The van der Waals surface area contributed by atoms with Crippen molar-refractivity contribution in [2.75, 3.05) is 26.2 Å². The van der Waals surface area contributed by atoms with Gasteiger partial charge < -0.3 is 19.3 Å². The average molecular weight is 477 g/mol. The topological polar surface area (TPSA) is 59.1 Å². The van der Waals surface area contributed by atoms with E-state index in [1.807, 2.05) is 34.6 Å². The second kappa shape index (κ2) is 10.7. The monoisotopic (exact) mass is 476 g/mol. The first-order valence-electron chi connectivity index (χ1n) is 10.6. The fourth-order valence-corrected chi connectivity index (χ4v) is 3.82. The highest BCUT2D eigenvalue weighted by molar-refractivity contribution is 6.42. The number of hydrogen-bond acceptors (Lipinski definition) is 4. The van der Waals surface area contributed by atoms with E-state index in [1.54, 1.807) is 4.90 Å². The Hall–Kier alpha value is -1.73. The molecule has 0 spiro atoms. The van der Waals surface area contributed by atoms with Crippen molar-refractivity contribution in [1.29, 1.82) is 0 Å². The Balaban J connectivity index is 2.13. The summed E-state index contributed by atoms with van der Waals surface area (Å²) in [6.45, 7) is 11.1. The molecule has 1 aliphatic rings. The summed E-state index contributed by atoms with van der Waals surface area (Å²) in [4.78, 5) is 27.8. The molecule has 0 radical (unpaired) electrons. The van der Waals surface area contributed by atoms with Gasteiger partial charge in [0.2, 0.25) is 0 Å². The number of carbonyl (C=O) groups is 2.